The molecule has 0 aromatic heterocycles. The summed E-state index contributed by atoms with van der Waals surface area (Å²) in [5.41, 5.74) is 8.06. The summed E-state index contributed by atoms with van der Waals surface area (Å²) >= 11 is 0. The summed E-state index contributed by atoms with van der Waals surface area (Å²) in [4.78, 5) is 0. The van der Waals surface area contributed by atoms with Crippen molar-refractivity contribution in [1.29, 1.82) is 0 Å². The van der Waals surface area contributed by atoms with Crippen LogP contribution in [0.1, 0.15) is 11.1 Å². The first-order valence-corrected chi connectivity index (χ1v) is 5.91. The van der Waals surface area contributed by atoms with E-state index in [4.69, 9.17) is 15.2 Å². The second kappa shape index (κ2) is 5.61. The Balaban J connectivity index is 2.08. The van der Waals surface area contributed by atoms with Crippen LogP contribution in [0.25, 0.3) is 0 Å². The molecular weight excluding hydrogens is 245 g/mol. The van der Waals surface area contributed by atoms with Gasteiger partial charge in [-0.3, -0.25) is 0 Å². The lowest BCUT2D eigenvalue weighted by atomic mass is 10.2. The van der Waals surface area contributed by atoms with Gasteiger partial charge in [-0.15, -0.1) is 0 Å². The molecule has 0 aliphatic carbocycles. The normalized spacial score (nSPS) is 10.3. The van der Waals surface area contributed by atoms with Crippen molar-refractivity contribution < 1.29 is 13.9 Å². The minimum Gasteiger partial charge on any atom is -0.494 e. The summed E-state index contributed by atoms with van der Waals surface area (Å²) in [6, 6.07) is 10.2. The maximum Gasteiger partial charge on any atom is 0.165 e. The van der Waals surface area contributed by atoms with Gasteiger partial charge in [0.2, 0.25) is 0 Å². The summed E-state index contributed by atoms with van der Waals surface area (Å²) in [5.74, 6) is 0.579. The first-order valence-electron chi connectivity index (χ1n) is 5.91. The third-order valence-corrected chi connectivity index (χ3v) is 2.81. The fourth-order valence-corrected chi connectivity index (χ4v) is 1.80. The van der Waals surface area contributed by atoms with Gasteiger partial charge in [-0.1, -0.05) is 6.07 Å². The Morgan fingerprint density at radius 2 is 1.84 bits per heavy atom. The third-order valence-electron chi connectivity index (χ3n) is 2.81. The van der Waals surface area contributed by atoms with Gasteiger partial charge in [-0.05, 0) is 48.4 Å². The summed E-state index contributed by atoms with van der Waals surface area (Å²) < 4.78 is 24.0. The van der Waals surface area contributed by atoms with E-state index in [2.05, 4.69) is 0 Å². The highest BCUT2D eigenvalue weighted by Crippen LogP contribution is 2.23. The molecule has 0 radical (unpaired) electrons. The Bertz CT molecular complexity index is 584. The molecule has 2 aromatic rings. The molecule has 0 aliphatic rings. The van der Waals surface area contributed by atoms with Gasteiger partial charge in [0, 0.05) is 5.69 Å². The molecule has 0 unspecified atom stereocenters. The lowest BCUT2D eigenvalue weighted by molar-refractivity contribution is 0.302. The molecule has 0 aliphatic heterocycles. The number of hydrogen-bond donors (Lipinski definition) is 1. The molecular formula is C15H16FNO2. The monoisotopic (exact) mass is 261 g/mol. The van der Waals surface area contributed by atoms with Crippen molar-refractivity contribution >= 4 is 5.69 Å². The maximum atomic E-state index is 13.5. The summed E-state index contributed by atoms with van der Waals surface area (Å²) in [6.07, 6.45) is 0. The van der Waals surface area contributed by atoms with Gasteiger partial charge in [0.1, 0.15) is 12.4 Å². The molecule has 0 atom stereocenters. The molecule has 2 N–H and O–H groups in total. The number of methoxy groups -OCH3 is 1. The number of nitrogens with two attached hydrogens (primary N) is 1. The van der Waals surface area contributed by atoms with Crippen LogP contribution in [-0.2, 0) is 6.61 Å². The maximum absolute atomic E-state index is 13.5. The summed E-state index contributed by atoms with van der Waals surface area (Å²) in [5, 5.41) is 0. The van der Waals surface area contributed by atoms with Crippen LogP contribution in [0, 0.1) is 12.7 Å². The lowest BCUT2D eigenvalue weighted by Gasteiger charge is -2.10. The molecule has 19 heavy (non-hydrogen) atoms. The van der Waals surface area contributed by atoms with Gasteiger partial charge >= 0.3 is 0 Å². The molecule has 100 valence electrons. The smallest absolute Gasteiger partial charge is 0.165 e. The van der Waals surface area contributed by atoms with E-state index in [9.17, 15) is 4.39 Å². The van der Waals surface area contributed by atoms with Crippen molar-refractivity contribution in [3.63, 3.8) is 0 Å². The Labute approximate surface area is 111 Å². The standard InChI is InChI=1S/C15H16FNO2/c1-10-7-12(17)4-6-14(10)19-9-11-3-5-15(18-2)13(16)8-11/h3-8H,9,17H2,1-2H3. The van der Waals surface area contributed by atoms with E-state index in [1.54, 1.807) is 18.2 Å². The van der Waals surface area contributed by atoms with Crippen LogP contribution in [0.5, 0.6) is 11.5 Å². The van der Waals surface area contributed by atoms with Crippen LogP contribution in [0.2, 0.25) is 0 Å². The highest BCUT2D eigenvalue weighted by Gasteiger charge is 2.05. The average molecular weight is 261 g/mol. The highest BCUT2D eigenvalue weighted by atomic mass is 19.1. The molecule has 4 heteroatoms. The van der Waals surface area contributed by atoms with Gasteiger partial charge in [-0.2, -0.15) is 0 Å². The van der Waals surface area contributed by atoms with Crippen molar-refractivity contribution in [2.75, 3.05) is 12.8 Å². The number of hydrogen-bond acceptors (Lipinski definition) is 3. The van der Waals surface area contributed by atoms with Gasteiger partial charge < -0.3 is 15.2 Å². The lowest BCUT2D eigenvalue weighted by Crippen LogP contribution is -1.99. The zero-order chi connectivity index (χ0) is 13.8. The van der Waals surface area contributed by atoms with Crippen molar-refractivity contribution in [2.45, 2.75) is 13.5 Å². The Morgan fingerprint density at radius 1 is 1.11 bits per heavy atom. The Hall–Kier alpha value is -2.23. The van der Waals surface area contributed by atoms with Gasteiger partial charge in [-0.25, -0.2) is 4.39 Å². The second-order valence-electron chi connectivity index (χ2n) is 4.28. The number of benzene rings is 2. The molecule has 0 saturated carbocycles. The van der Waals surface area contributed by atoms with Crippen molar-refractivity contribution in [3.05, 3.63) is 53.3 Å². The van der Waals surface area contributed by atoms with E-state index in [0.29, 0.717) is 12.3 Å². The topological polar surface area (TPSA) is 44.5 Å². The van der Waals surface area contributed by atoms with E-state index in [1.807, 2.05) is 19.1 Å². The molecule has 3 nitrogen and oxygen atoms in total. The number of anilines is 1. The zero-order valence-corrected chi connectivity index (χ0v) is 10.9. The largest absolute Gasteiger partial charge is 0.494 e. The highest BCUT2D eigenvalue weighted by molar-refractivity contribution is 5.47. The fraction of sp³-hybridized carbons (Fsp3) is 0.200. The summed E-state index contributed by atoms with van der Waals surface area (Å²) in [6.45, 7) is 2.21. The molecule has 2 rings (SSSR count). The molecule has 0 fully saturated rings. The minimum atomic E-state index is -0.391. The molecule has 0 bridgehead atoms. The van der Waals surface area contributed by atoms with E-state index in [0.717, 1.165) is 16.9 Å². The third kappa shape index (κ3) is 3.16. The van der Waals surface area contributed by atoms with Crippen LogP contribution in [0.4, 0.5) is 10.1 Å². The zero-order valence-electron chi connectivity index (χ0n) is 10.9. The van der Waals surface area contributed by atoms with Crippen LogP contribution in [0.3, 0.4) is 0 Å². The van der Waals surface area contributed by atoms with E-state index < -0.39 is 5.82 Å². The number of aryl methyl sites for hydroxylation is 1. The van der Waals surface area contributed by atoms with Crippen LogP contribution < -0.4 is 15.2 Å². The van der Waals surface area contributed by atoms with E-state index in [1.165, 1.54) is 13.2 Å². The van der Waals surface area contributed by atoms with Gasteiger partial charge in [0.25, 0.3) is 0 Å². The molecule has 0 amide bonds. The molecule has 0 spiro atoms. The first-order chi connectivity index (χ1) is 9.10. The number of nitrogen functional groups attached to an aromatic ring is 1. The van der Waals surface area contributed by atoms with Crippen LogP contribution in [-0.4, -0.2) is 7.11 Å². The molecule has 2 aromatic carbocycles. The first kappa shape index (κ1) is 13.2. The van der Waals surface area contributed by atoms with Gasteiger partial charge in [0.15, 0.2) is 11.6 Å². The predicted molar refractivity (Wildman–Crippen MR) is 72.9 cm³/mol. The van der Waals surface area contributed by atoms with Gasteiger partial charge in [0.05, 0.1) is 7.11 Å². The minimum absolute atomic E-state index is 0.229. The van der Waals surface area contributed by atoms with Crippen molar-refractivity contribution in [2.24, 2.45) is 0 Å². The Morgan fingerprint density at radius 3 is 2.47 bits per heavy atom. The van der Waals surface area contributed by atoms with Crippen molar-refractivity contribution in [3.8, 4) is 11.5 Å². The summed E-state index contributed by atoms with van der Waals surface area (Å²) in [7, 11) is 1.44. The second-order valence-corrected chi connectivity index (χ2v) is 4.28. The van der Waals surface area contributed by atoms with Crippen LogP contribution in [0.15, 0.2) is 36.4 Å². The fourth-order valence-electron chi connectivity index (χ4n) is 1.80. The van der Waals surface area contributed by atoms with E-state index >= 15 is 0 Å². The van der Waals surface area contributed by atoms with E-state index in [-0.39, 0.29) is 5.75 Å². The molecule has 0 heterocycles. The SMILES string of the molecule is COc1ccc(COc2ccc(N)cc2C)cc1F. The quantitative estimate of drug-likeness (QED) is 0.859. The predicted octanol–water partition coefficient (Wildman–Crippen LogP) is 3.30. The Kier molecular flexibility index (Phi) is 3.90. The van der Waals surface area contributed by atoms with Crippen molar-refractivity contribution in [1.82, 2.24) is 0 Å². The van der Waals surface area contributed by atoms with Crippen LogP contribution >= 0.6 is 0 Å². The number of halogens is 1. The number of ether oxygens (including phenoxy) is 2. The number of rotatable bonds is 4. The molecule has 0 saturated heterocycles. The average Bonchev–Trinajstić information content (AvgIpc) is 2.38.